The highest BCUT2D eigenvalue weighted by atomic mass is 16.5. The summed E-state index contributed by atoms with van der Waals surface area (Å²) in [6.07, 6.45) is 1.62. The molecule has 0 radical (unpaired) electrons. The number of aromatic nitrogens is 4. The zero-order valence-corrected chi connectivity index (χ0v) is 9.23. The Morgan fingerprint density at radius 2 is 2.29 bits per heavy atom. The third-order valence-corrected chi connectivity index (χ3v) is 2.77. The van der Waals surface area contributed by atoms with E-state index >= 15 is 0 Å². The van der Waals surface area contributed by atoms with Gasteiger partial charge in [-0.25, -0.2) is 21.2 Å². The number of aromatic amines is 2. The number of nitrogens with zero attached hydrogens (tertiary/aromatic N) is 3. The summed E-state index contributed by atoms with van der Waals surface area (Å²) in [4.78, 5) is 16.8. The number of nitrogens with one attached hydrogen (secondary N) is 3. The number of H-pyrrole nitrogens is 2. The first-order valence-corrected chi connectivity index (χ1v) is 5.44. The molecule has 1 saturated heterocycles. The molecule has 90 valence electrons. The fraction of sp³-hybridized carbons (Fsp3) is 0.444. The van der Waals surface area contributed by atoms with Crippen LogP contribution >= 0.6 is 0 Å². The molecular formula is C9H14N7O+. The van der Waals surface area contributed by atoms with Crippen LogP contribution in [0.3, 0.4) is 0 Å². The Hall–Kier alpha value is -1.93. The minimum absolute atomic E-state index is 0.492. The highest BCUT2D eigenvalue weighted by Crippen LogP contribution is 2.19. The van der Waals surface area contributed by atoms with Crippen molar-refractivity contribution in [3.8, 4) is 0 Å². The Balaban J connectivity index is 2.08. The summed E-state index contributed by atoms with van der Waals surface area (Å²) in [5.74, 6) is 6.81. The number of fused-ring (bicyclic) bond motifs is 1. The van der Waals surface area contributed by atoms with Crippen molar-refractivity contribution >= 4 is 22.9 Å². The van der Waals surface area contributed by atoms with Crippen molar-refractivity contribution < 1.29 is 9.72 Å². The van der Waals surface area contributed by atoms with Gasteiger partial charge in [0.15, 0.2) is 5.52 Å². The molecule has 3 rings (SSSR count). The second-order valence-electron chi connectivity index (χ2n) is 3.78. The molecule has 2 aromatic heterocycles. The van der Waals surface area contributed by atoms with E-state index in [0.717, 1.165) is 37.6 Å². The molecule has 2 aromatic rings. The summed E-state index contributed by atoms with van der Waals surface area (Å²) in [5, 5.41) is 0. The van der Waals surface area contributed by atoms with Crippen LogP contribution in [0.2, 0.25) is 0 Å². The molecule has 0 spiro atoms. The van der Waals surface area contributed by atoms with Crippen molar-refractivity contribution in [3.05, 3.63) is 6.33 Å². The third-order valence-electron chi connectivity index (χ3n) is 2.77. The van der Waals surface area contributed by atoms with Crippen molar-refractivity contribution in [3.63, 3.8) is 0 Å². The van der Waals surface area contributed by atoms with Crippen LogP contribution in [0, 0.1) is 0 Å². The van der Waals surface area contributed by atoms with Gasteiger partial charge in [-0.2, -0.15) is 0 Å². The fourth-order valence-corrected chi connectivity index (χ4v) is 1.95. The maximum atomic E-state index is 5.38. The lowest BCUT2D eigenvalue weighted by atomic mass is 10.4. The number of hydrazine groups is 1. The van der Waals surface area contributed by atoms with Gasteiger partial charge < -0.3 is 14.6 Å². The normalized spacial score (nSPS) is 16.4. The third kappa shape index (κ3) is 1.77. The van der Waals surface area contributed by atoms with Crippen molar-refractivity contribution in [2.75, 3.05) is 36.6 Å². The topological polar surface area (TPSA) is 106 Å². The maximum Gasteiger partial charge on any atom is 0.363 e. The van der Waals surface area contributed by atoms with Crippen molar-refractivity contribution in [1.82, 2.24) is 15.0 Å². The Morgan fingerprint density at radius 1 is 1.47 bits per heavy atom. The second-order valence-corrected chi connectivity index (χ2v) is 3.78. The van der Waals surface area contributed by atoms with Gasteiger partial charge in [-0.3, -0.25) is 0 Å². The summed E-state index contributed by atoms with van der Waals surface area (Å²) < 4.78 is 5.33. The Kier molecular flexibility index (Phi) is 2.50. The Bertz CT molecular complexity index is 519. The van der Waals surface area contributed by atoms with Crippen LogP contribution in [0.4, 0.5) is 11.8 Å². The van der Waals surface area contributed by atoms with Gasteiger partial charge in [-0.05, 0) is 0 Å². The number of morpholine rings is 1. The average Bonchev–Trinajstić information content (AvgIpc) is 2.86. The highest BCUT2D eigenvalue weighted by Gasteiger charge is 2.22. The molecule has 0 saturated carbocycles. The molecule has 0 amide bonds. The zero-order chi connectivity index (χ0) is 11.7. The standard InChI is InChI=1S/C9H13N7O/c10-15-9-13-7-6(11-5-12-7)8(14-9)16-1-3-17-4-2-16/h5H,1-4,10H2,(H2,11,12,13,14,15)/p+1. The van der Waals surface area contributed by atoms with Crippen LogP contribution in [-0.4, -0.2) is 41.3 Å². The molecule has 0 unspecified atom stereocenters. The molecule has 0 bridgehead atoms. The number of nitrogens with two attached hydrogens (primary N) is 1. The van der Waals surface area contributed by atoms with E-state index in [1.165, 1.54) is 0 Å². The lowest BCUT2D eigenvalue weighted by Gasteiger charge is -2.24. The number of nitrogen functional groups attached to an aromatic ring is 1. The van der Waals surface area contributed by atoms with Crippen molar-refractivity contribution in [2.45, 2.75) is 0 Å². The first kappa shape index (κ1) is 10.2. The summed E-state index contributed by atoms with van der Waals surface area (Å²) >= 11 is 0. The van der Waals surface area contributed by atoms with Gasteiger partial charge in [0.25, 0.3) is 0 Å². The summed E-state index contributed by atoms with van der Waals surface area (Å²) in [6.45, 7) is 3.10. The Labute approximate surface area is 97.2 Å². The SMILES string of the molecule is NNc1nc2nc[nH]c2c(N2CCOCC2)[nH+]1. The highest BCUT2D eigenvalue weighted by molar-refractivity contribution is 5.81. The number of rotatable bonds is 2. The van der Waals surface area contributed by atoms with Gasteiger partial charge in [0.05, 0.1) is 32.6 Å². The predicted octanol–water partition coefficient (Wildman–Crippen LogP) is -1.11. The van der Waals surface area contributed by atoms with Crippen LogP contribution in [0.15, 0.2) is 6.33 Å². The molecule has 0 aliphatic carbocycles. The van der Waals surface area contributed by atoms with Gasteiger partial charge in [0.1, 0.15) is 0 Å². The molecule has 17 heavy (non-hydrogen) atoms. The van der Waals surface area contributed by atoms with Gasteiger partial charge >= 0.3 is 5.95 Å². The minimum Gasteiger partial charge on any atom is -0.376 e. The Morgan fingerprint density at radius 3 is 3.06 bits per heavy atom. The molecule has 8 heteroatoms. The molecule has 1 aliphatic rings. The number of ether oxygens (including phenoxy) is 1. The fourth-order valence-electron chi connectivity index (χ4n) is 1.95. The minimum atomic E-state index is 0.492. The van der Waals surface area contributed by atoms with Gasteiger partial charge in [-0.15, -0.1) is 0 Å². The van der Waals surface area contributed by atoms with Gasteiger partial charge in [0.2, 0.25) is 11.5 Å². The predicted molar refractivity (Wildman–Crippen MR) is 61.3 cm³/mol. The van der Waals surface area contributed by atoms with E-state index in [-0.39, 0.29) is 0 Å². The van der Waals surface area contributed by atoms with E-state index in [1.54, 1.807) is 6.33 Å². The molecule has 1 aliphatic heterocycles. The van der Waals surface area contributed by atoms with Crippen LogP contribution in [0.1, 0.15) is 0 Å². The molecule has 0 atom stereocenters. The lowest BCUT2D eigenvalue weighted by molar-refractivity contribution is -0.350. The molecular weight excluding hydrogens is 222 g/mol. The quantitative estimate of drug-likeness (QED) is 0.451. The molecule has 0 aromatic carbocycles. The monoisotopic (exact) mass is 236 g/mol. The van der Waals surface area contributed by atoms with Crippen LogP contribution in [0.5, 0.6) is 0 Å². The van der Waals surface area contributed by atoms with E-state index in [9.17, 15) is 0 Å². The van der Waals surface area contributed by atoms with Gasteiger partial charge in [0, 0.05) is 0 Å². The van der Waals surface area contributed by atoms with Gasteiger partial charge in [-0.1, -0.05) is 4.98 Å². The molecule has 3 heterocycles. The van der Waals surface area contributed by atoms with Crippen LogP contribution in [-0.2, 0) is 4.74 Å². The van der Waals surface area contributed by atoms with E-state index < -0.39 is 0 Å². The maximum absolute atomic E-state index is 5.38. The van der Waals surface area contributed by atoms with Crippen molar-refractivity contribution in [1.29, 1.82) is 0 Å². The second kappa shape index (κ2) is 4.15. The number of anilines is 2. The lowest BCUT2D eigenvalue weighted by Crippen LogP contribution is -2.40. The smallest absolute Gasteiger partial charge is 0.363 e. The van der Waals surface area contributed by atoms with Crippen molar-refractivity contribution in [2.24, 2.45) is 5.84 Å². The number of hydrogen-bond acceptors (Lipinski definition) is 6. The number of hydrogen-bond donors (Lipinski definition) is 3. The van der Waals surface area contributed by atoms with Crippen LogP contribution < -0.4 is 21.2 Å². The zero-order valence-electron chi connectivity index (χ0n) is 9.23. The largest absolute Gasteiger partial charge is 0.376 e. The summed E-state index contributed by atoms with van der Waals surface area (Å²) in [6, 6.07) is 0. The van der Waals surface area contributed by atoms with E-state index in [0.29, 0.717) is 11.6 Å². The van der Waals surface area contributed by atoms with E-state index in [1.807, 2.05) is 0 Å². The van der Waals surface area contributed by atoms with E-state index in [4.69, 9.17) is 10.6 Å². The molecule has 1 fully saturated rings. The average molecular weight is 236 g/mol. The molecule has 8 nitrogen and oxygen atoms in total. The van der Waals surface area contributed by atoms with E-state index in [2.05, 4.69) is 30.3 Å². The summed E-state index contributed by atoms with van der Waals surface area (Å²) in [7, 11) is 0. The number of imidazole rings is 1. The first-order valence-electron chi connectivity index (χ1n) is 5.44. The summed E-state index contributed by atoms with van der Waals surface area (Å²) in [5.41, 5.74) is 4.03. The first-order chi connectivity index (χ1) is 8.38. The molecule has 5 N–H and O–H groups in total. The van der Waals surface area contributed by atoms with Crippen LogP contribution in [0.25, 0.3) is 11.2 Å².